The van der Waals surface area contributed by atoms with Gasteiger partial charge in [-0.15, -0.1) is 0 Å². The minimum Gasteiger partial charge on any atom is -0.381 e. The Kier molecular flexibility index (Phi) is 6.75. The lowest BCUT2D eigenvalue weighted by Gasteiger charge is -2.14. The van der Waals surface area contributed by atoms with Crippen LogP contribution in [0.25, 0.3) is 0 Å². The maximum Gasteiger partial charge on any atom is 0.222 e. The van der Waals surface area contributed by atoms with Crippen LogP contribution in [0.2, 0.25) is 0 Å². The Labute approximate surface area is 120 Å². The zero-order chi connectivity index (χ0) is 15.0. The predicted octanol–water partition coefficient (Wildman–Crippen LogP) is 2.80. The lowest BCUT2D eigenvalue weighted by Crippen LogP contribution is -2.27. The topological polar surface area (TPSA) is 62.1 Å². The summed E-state index contributed by atoms with van der Waals surface area (Å²) in [6.45, 7) is 7.21. The highest BCUT2D eigenvalue weighted by Gasteiger charge is 2.09. The van der Waals surface area contributed by atoms with E-state index in [1.807, 2.05) is 19.1 Å². The van der Waals surface area contributed by atoms with Crippen LogP contribution in [-0.4, -0.2) is 19.1 Å². The number of ether oxygens (including phenoxy) is 1. The lowest BCUT2D eigenvalue weighted by molar-refractivity contribution is -0.122. The largest absolute Gasteiger partial charge is 0.381 e. The van der Waals surface area contributed by atoms with Gasteiger partial charge in [0.2, 0.25) is 5.91 Å². The Morgan fingerprint density at radius 1 is 1.30 bits per heavy atom. The molecule has 0 saturated heterocycles. The molecule has 1 aromatic carbocycles. The molecule has 0 fully saturated rings. The van der Waals surface area contributed by atoms with E-state index in [1.54, 1.807) is 12.1 Å². The van der Waals surface area contributed by atoms with Gasteiger partial charge in [-0.3, -0.25) is 4.79 Å². The normalized spacial score (nSPS) is 11.9. The average Bonchev–Trinajstić information content (AvgIpc) is 2.43. The van der Waals surface area contributed by atoms with Crippen LogP contribution in [0.4, 0.5) is 0 Å². The van der Waals surface area contributed by atoms with Gasteiger partial charge in [0.1, 0.15) is 0 Å². The van der Waals surface area contributed by atoms with Crippen molar-refractivity contribution in [3.05, 3.63) is 35.4 Å². The first-order valence-corrected chi connectivity index (χ1v) is 6.90. The predicted molar refractivity (Wildman–Crippen MR) is 78.0 cm³/mol. The highest BCUT2D eigenvalue weighted by atomic mass is 16.5. The van der Waals surface area contributed by atoms with Crippen LogP contribution in [0, 0.1) is 17.2 Å². The number of amides is 1. The SMILES string of the molecule is CC(C)COCCC(=O)NC(C)c1ccc(C#N)cc1. The van der Waals surface area contributed by atoms with Crippen LogP contribution in [0.3, 0.4) is 0 Å². The van der Waals surface area contributed by atoms with Crippen LogP contribution >= 0.6 is 0 Å². The van der Waals surface area contributed by atoms with Gasteiger partial charge in [0.25, 0.3) is 0 Å². The van der Waals surface area contributed by atoms with Gasteiger partial charge in [-0.2, -0.15) is 5.26 Å². The van der Waals surface area contributed by atoms with E-state index in [0.29, 0.717) is 31.1 Å². The quantitative estimate of drug-likeness (QED) is 0.778. The molecular formula is C16H22N2O2. The van der Waals surface area contributed by atoms with Gasteiger partial charge in [-0.1, -0.05) is 26.0 Å². The molecule has 0 radical (unpaired) electrons. The van der Waals surface area contributed by atoms with Crippen molar-refractivity contribution in [3.63, 3.8) is 0 Å². The maximum absolute atomic E-state index is 11.8. The van der Waals surface area contributed by atoms with Crippen LogP contribution in [0.1, 0.15) is 44.4 Å². The lowest BCUT2D eigenvalue weighted by atomic mass is 10.1. The zero-order valence-corrected chi connectivity index (χ0v) is 12.3. The Balaban J connectivity index is 2.35. The summed E-state index contributed by atoms with van der Waals surface area (Å²) in [5, 5.41) is 11.7. The second-order valence-corrected chi connectivity index (χ2v) is 5.24. The fourth-order valence-electron chi connectivity index (χ4n) is 1.73. The van der Waals surface area contributed by atoms with Crippen molar-refractivity contribution in [2.75, 3.05) is 13.2 Å². The van der Waals surface area contributed by atoms with E-state index in [0.717, 1.165) is 5.56 Å². The smallest absolute Gasteiger partial charge is 0.222 e. The summed E-state index contributed by atoms with van der Waals surface area (Å²) in [7, 11) is 0. The van der Waals surface area contributed by atoms with Crippen molar-refractivity contribution >= 4 is 5.91 Å². The molecule has 1 rings (SSSR count). The monoisotopic (exact) mass is 274 g/mol. The summed E-state index contributed by atoms with van der Waals surface area (Å²) < 4.78 is 5.39. The fraction of sp³-hybridized carbons (Fsp3) is 0.500. The number of nitrogens with zero attached hydrogens (tertiary/aromatic N) is 1. The number of hydrogen-bond acceptors (Lipinski definition) is 3. The summed E-state index contributed by atoms with van der Waals surface area (Å²) in [6.07, 6.45) is 0.368. The third-order valence-corrected chi connectivity index (χ3v) is 2.84. The van der Waals surface area contributed by atoms with Gasteiger partial charge >= 0.3 is 0 Å². The van der Waals surface area contributed by atoms with Crippen molar-refractivity contribution in [1.82, 2.24) is 5.32 Å². The van der Waals surface area contributed by atoms with E-state index in [9.17, 15) is 4.79 Å². The second kappa shape index (κ2) is 8.34. The Hall–Kier alpha value is -1.86. The van der Waals surface area contributed by atoms with E-state index < -0.39 is 0 Å². The van der Waals surface area contributed by atoms with Crippen molar-refractivity contribution in [1.29, 1.82) is 5.26 Å². The van der Waals surface area contributed by atoms with Crippen LogP contribution in [0.15, 0.2) is 24.3 Å². The molecule has 108 valence electrons. The van der Waals surface area contributed by atoms with E-state index in [2.05, 4.69) is 25.2 Å². The number of hydrogen-bond donors (Lipinski definition) is 1. The Morgan fingerprint density at radius 2 is 1.95 bits per heavy atom. The molecule has 4 nitrogen and oxygen atoms in total. The van der Waals surface area contributed by atoms with E-state index in [1.165, 1.54) is 0 Å². The minimum absolute atomic E-state index is 0.0226. The summed E-state index contributed by atoms with van der Waals surface area (Å²) in [6, 6.07) is 9.23. The Morgan fingerprint density at radius 3 is 2.50 bits per heavy atom. The van der Waals surface area contributed by atoms with Crippen molar-refractivity contribution < 1.29 is 9.53 Å². The molecule has 0 aliphatic rings. The number of benzene rings is 1. The number of carbonyl (C=O) groups excluding carboxylic acids is 1. The molecule has 1 amide bonds. The van der Waals surface area contributed by atoms with E-state index in [-0.39, 0.29) is 11.9 Å². The highest BCUT2D eigenvalue weighted by molar-refractivity contribution is 5.76. The van der Waals surface area contributed by atoms with Crippen molar-refractivity contribution in [2.45, 2.75) is 33.2 Å². The fourth-order valence-corrected chi connectivity index (χ4v) is 1.73. The first-order chi connectivity index (χ1) is 9.52. The maximum atomic E-state index is 11.8. The van der Waals surface area contributed by atoms with Gasteiger partial charge in [-0.25, -0.2) is 0 Å². The first kappa shape index (κ1) is 16.2. The summed E-state index contributed by atoms with van der Waals surface area (Å²) in [5.74, 6) is 0.459. The molecule has 0 bridgehead atoms. The minimum atomic E-state index is -0.0691. The number of nitriles is 1. The van der Waals surface area contributed by atoms with Crippen LogP contribution in [-0.2, 0) is 9.53 Å². The first-order valence-electron chi connectivity index (χ1n) is 6.90. The van der Waals surface area contributed by atoms with Crippen LogP contribution < -0.4 is 5.32 Å². The molecule has 0 aliphatic heterocycles. The molecule has 0 aromatic heterocycles. The van der Waals surface area contributed by atoms with Gasteiger partial charge in [0.15, 0.2) is 0 Å². The number of nitrogens with one attached hydrogen (secondary N) is 1. The third-order valence-electron chi connectivity index (χ3n) is 2.84. The molecule has 1 N–H and O–H groups in total. The van der Waals surface area contributed by atoms with E-state index >= 15 is 0 Å². The van der Waals surface area contributed by atoms with Gasteiger partial charge < -0.3 is 10.1 Å². The molecule has 0 heterocycles. The molecule has 0 saturated carbocycles. The summed E-state index contributed by atoms with van der Waals surface area (Å²) in [5.41, 5.74) is 1.61. The molecular weight excluding hydrogens is 252 g/mol. The zero-order valence-electron chi connectivity index (χ0n) is 12.3. The molecule has 20 heavy (non-hydrogen) atoms. The molecule has 0 spiro atoms. The van der Waals surface area contributed by atoms with Crippen molar-refractivity contribution in [2.24, 2.45) is 5.92 Å². The molecule has 4 heteroatoms. The summed E-state index contributed by atoms with van der Waals surface area (Å²) >= 11 is 0. The highest BCUT2D eigenvalue weighted by Crippen LogP contribution is 2.13. The number of rotatable bonds is 7. The molecule has 1 unspecified atom stereocenters. The second-order valence-electron chi connectivity index (χ2n) is 5.24. The molecule has 1 aromatic rings. The Bertz CT molecular complexity index is 460. The molecule has 1 atom stereocenters. The summed E-state index contributed by atoms with van der Waals surface area (Å²) in [4.78, 5) is 11.8. The van der Waals surface area contributed by atoms with E-state index in [4.69, 9.17) is 10.00 Å². The van der Waals surface area contributed by atoms with Gasteiger partial charge in [-0.05, 0) is 30.5 Å². The number of carbonyl (C=O) groups is 1. The average molecular weight is 274 g/mol. The van der Waals surface area contributed by atoms with Crippen LogP contribution in [0.5, 0.6) is 0 Å². The standard InChI is InChI=1S/C16H22N2O2/c1-12(2)11-20-9-8-16(19)18-13(3)15-6-4-14(10-17)5-7-15/h4-7,12-13H,8-9,11H2,1-3H3,(H,18,19). The molecule has 0 aliphatic carbocycles. The van der Waals surface area contributed by atoms with Gasteiger partial charge in [0, 0.05) is 13.0 Å². The van der Waals surface area contributed by atoms with Gasteiger partial charge in [0.05, 0.1) is 24.3 Å². The third kappa shape index (κ3) is 5.85. The van der Waals surface area contributed by atoms with Crippen molar-refractivity contribution in [3.8, 4) is 6.07 Å².